The van der Waals surface area contributed by atoms with E-state index in [1.807, 2.05) is 0 Å². The third-order valence-electron chi connectivity index (χ3n) is 4.61. The molecule has 7 nitrogen and oxygen atoms in total. The Kier molecular flexibility index (Phi) is 4.13. The molecule has 25 heavy (non-hydrogen) atoms. The van der Waals surface area contributed by atoms with Crippen molar-refractivity contribution in [3.05, 3.63) is 36.3 Å². The Bertz CT molecular complexity index is 770. The molecule has 0 spiro atoms. The quantitative estimate of drug-likeness (QED) is 0.926. The highest BCUT2D eigenvalue weighted by molar-refractivity contribution is 6.02. The summed E-state index contributed by atoms with van der Waals surface area (Å²) in [4.78, 5) is 23.2. The Morgan fingerprint density at radius 3 is 2.72 bits per heavy atom. The Balaban J connectivity index is 1.42. The van der Waals surface area contributed by atoms with E-state index in [0.717, 1.165) is 37.7 Å². The number of nitrogens with zero attached hydrogens (tertiary/aromatic N) is 3. The van der Waals surface area contributed by atoms with Crippen molar-refractivity contribution in [2.75, 3.05) is 30.1 Å². The van der Waals surface area contributed by atoms with E-state index in [1.165, 1.54) is 6.20 Å². The number of hydrogen-bond acceptors (Lipinski definition) is 6. The van der Waals surface area contributed by atoms with Crippen LogP contribution in [0.3, 0.4) is 0 Å². The van der Waals surface area contributed by atoms with Gasteiger partial charge in [0.05, 0.1) is 12.4 Å². The summed E-state index contributed by atoms with van der Waals surface area (Å²) in [6.07, 6.45) is 5.52. The maximum absolute atomic E-state index is 12.3. The van der Waals surface area contributed by atoms with Crippen LogP contribution < -0.4 is 19.7 Å². The van der Waals surface area contributed by atoms with Crippen molar-refractivity contribution in [1.29, 1.82) is 0 Å². The first-order chi connectivity index (χ1) is 12.2. The van der Waals surface area contributed by atoms with Crippen molar-refractivity contribution >= 4 is 17.4 Å². The monoisotopic (exact) mass is 340 g/mol. The Morgan fingerprint density at radius 2 is 1.96 bits per heavy atom. The molecule has 7 heteroatoms. The first kappa shape index (κ1) is 15.7. The Morgan fingerprint density at radius 1 is 1.16 bits per heavy atom. The van der Waals surface area contributed by atoms with E-state index in [-0.39, 0.29) is 18.4 Å². The average molecular weight is 340 g/mol. The molecular formula is C18H20N4O3. The number of nitrogens with one attached hydrogen (secondary N) is 1. The zero-order valence-electron chi connectivity index (χ0n) is 14.1. The maximum Gasteiger partial charge on any atom is 0.275 e. The third-order valence-corrected chi connectivity index (χ3v) is 4.61. The van der Waals surface area contributed by atoms with Gasteiger partial charge in [-0.05, 0) is 30.9 Å². The second-order valence-electron chi connectivity index (χ2n) is 6.45. The summed E-state index contributed by atoms with van der Waals surface area (Å²) >= 11 is 0. The number of anilines is 2. The number of fused-ring (bicyclic) bond motifs is 1. The minimum Gasteiger partial charge on any atom is -0.454 e. The minimum absolute atomic E-state index is 0.203. The van der Waals surface area contributed by atoms with Gasteiger partial charge in [-0.25, -0.2) is 9.97 Å². The largest absolute Gasteiger partial charge is 0.454 e. The van der Waals surface area contributed by atoms with Gasteiger partial charge in [-0.3, -0.25) is 4.79 Å². The van der Waals surface area contributed by atoms with Crippen LogP contribution in [0, 0.1) is 5.92 Å². The van der Waals surface area contributed by atoms with Crippen molar-refractivity contribution in [2.24, 2.45) is 5.92 Å². The lowest BCUT2D eigenvalue weighted by Crippen LogP contribution is -2.33. The van der Waals surface area contributed by atoms with Crippen LogP contribution in [0.2, 0.25) is 0 Å². The van der Waals surface area contributed by atoms with Crippen LogP contribution in [0.5, 0.6) is 11.5 Å². The molecule has 0 aliphatic carbocycles. The van der Waals surface area contributed by atoms with Gasteiger partial charge in [-0.2, -0.15) is 0 Å². The van der Waals surface area contributed by atoms with Crippen LogP contribution in [0.1, 0.15) is 30.3 Å². The maximum atomic E-state index is 12.3. The Hall–Kier alpha value is -2.83. The Labute approximate surface area is 146 Å². The first-order valence-corrected chi connectivity index (χ1v) is 8.47. The fraction of sp³-hybridized carbons (Fsp3) is 0.389. The molecule has 2 aliphatic heterocycles. The summed E-state index contributed by atoms with van der Waals surface area (Å²) in [6, 6.07) is 5.27. The molecule has 1 aromatic carbocycles. The highest BCUT2D eigenvalue weighted by Crippen LogP contribution is 2.34. The molecule has 0 unspecified atom stereocenters. The zero-order chi connectivity index (χ0) is 17.2. The van der Waals surface area contributed by atoms with Gasteiger partial charge in [0.1, 0.15) is 11.5 Å². The summed E-state index contributed by atoms with van der Waals surface area (Å²) in [5.74, 6) is 2.59. The predicted octanol–water partition coefficient (Wildman–Crippen LogP) is 2.69. The standard InChI is InChI=1S/C18H20N4O3/c1-12-4-6-22(7-5-12)17-10-19-14(9-20-17)18(23)21-13-2-3-15-16(8-13)25-11-24-15/h2-3,8-10,12H,4-7,11H2,1H3,(H,21,23). The van der Waals surface area contributed by atoms with Gasteiger partial charge in [-0.15, -0.1) is 0 Å². The molecule has 2 aromatic rings. The molecule has 1 saturated heterocycles. The normalized spacial score (nSPS) is 16.8. The molecular weight excluding hydrogens is 320 g/mol. The molecule has 0 bridgehead atoms. The number of piperidine rings is 1. The number of benzene rings is 1. The number of amides is 1. The van der Waals surface area contributed by atoms with E-state index in [0.29, 0.717) is 17.2 Å². The van der Waals surface area contributed by atoms with Gasteiger partial charge < -0.3 is 19.7 Å². The molecule has 1 N–H and O–H groups in total. The van der Waals surface area contributed by atoms with Crippen LogP contribution >= 0.6 is 0 Å². The highest BCUT2D eigenvalue weighted by Gasteiger charge is 2.18. The summed E-state index contributed by atoms with van der Waals surface area (Å²) in [6.45, 7) is 4.44. The molecule has 1 aromatic heterocycles. The molecule has 1 fully saturated rings. The van der Waals surface area contributed by atoms with E-state index in [9.17, 15) is 4.79 Å². The number of carbonyl (C=O) groups is 1. The number of rotatable bonds is 3. The van der Waals surface area contributed by atoms with Crippen LogP contribution in [0.25, 0.3) is 0 Å². The smallest absolute Gasteiger partial charge is 0.275 e. The number of hydrogen-bond donors (Lipinski definition) is 1. The van der Waals surface area contributed by atoms with Crippen LogP contribution in [0.15, 0.2) is 30.6 Å². The predicted molar refractivity (Wildman–Crippen MR) is 93.2 cm³/mol. The summed E-state index contributed by atoms with van der Waals surface area (Å²) in [5.41, 5.74) is 0.914. The highest BCUT2D eigenvalue weighted by atomic mass is 16.7. The molecule has 130 valence electrons. The van der Waals surface area contributed by atoms with Crippen LogP contribution in [-0.2, 0) is 0 Å². The molecule has 0 saturated carbocycles. The van der Waals surface area contributed by atoms with Crippen molar-refractivity contribution in [3.8, 4) is 11.5 Å². The van der Waals surface area contributed by atoms with E-state index in [2.05, 4.69) is 27.1 Å². The number of aromatic nitrogens is 2. The van der Waals surface area contributed by atoms with E-state index < -0.39 is 0 Å². The topological polar surface area (TPSA) is 76.6 Å². The molecule has 1 amide bonds. The molecule has 0 atom stereocenters. The summed E-state index contributed by atoms with van der Waals surface area (Å²) in [5, 5.41) is 2.80. The second kappa shape index (κ2) is 6.58. The van der Waals surface area contributed by atoms with Gasteiger partial charge in [0.25, 0.3) is 5.91 Å². The lowest BCUT2D eigenvalue weighted by Gasteiger charge is -2.30. The van der Waals surface area contributed by atoms with Crippen molar-refractivity contribution in [2.45, 2.75) is 19.8 Å². The summed E-state index contributed by atoms with van der Waals surface area (Å²) in [7, 11) is 0. The van der Waals surface area contributed by atoms with Crippen molar-refractivity contribution in [3.63, 3.8) is 0 Å². The molecule has 4 rings (SSSR count). The molecule has 3 heterocycles. The van der Waals surface area contributed by atoms with Gasteiger partial charge in [-0.1, -0.05) is 6.92 Å². The number of ether oxygens (including phenoxy) is 2. The van der Waals surface area contributed by atoms with Crippen molar-refractivity contribution < 1.29 is 14.3 Å². The van der Waals surface area contributed by atoms with Crippen LogP contribution in [-0.4, -0.2) is 35.8 Å². The third kappa shape index (κ3) is 3.35. The lowest BCUT2D eigenvalue weighted by molar-refractivity contribution is 0.102. The average Bonchev–Trinajstić information content (AvgIpc) is 3.10. The SMILES string of the molecule is CC1CCN(c2cnc(C(=O)Nc3ccc4c(c3)OCO4)cn2)CC1. The van der Waals surface area contributed by atoms with Gasteiger partial charge in [0.15, 0.2) is 11.5 Å². The van der Waals surface area contributed by atoms with Crippen LogP contribution in [0.4, 0.5) is 11.5 Å². The fourth-order valence-electron chi connectivity index (χ4n) is 3.01. The van der Waals surface area contributed by atoms with Gasteiger partial charge in [0.2, 0.25) is 6.79 Å². The number of carbonyl (C=O) groups excluding carboxylic acids is 1. The van der Waals surface area contributed by atoms with E-state index in [1.54, 1.807) is 24.4 Å². The minimum atomic E-state index is -0.301. The summed E-state index contributed by atoms with van der Waals surface area (Å²) < 4.78 is 10.6. The lowest BCUT2D eigenvalue weighted by atomic mass is 9.99. The fourth-order valence-corrected chi connectivity index (χ4v) is 3.01. The van der Waals surface area contributed by atoms with E-state index >= 15 is 0 Å². The van der Waals surface area contributed by atoms with Gasteiger partial charge in [0, 0.05) is 24.8 Å². The molecule has 0 radical (unpaired) electrons. The molecule has 2 aliphatic rings. The van der Waals surface area contributed by atoms with Crippen molar-refractivity contribution in [1.82, 2.24) is 9.97 Å². The zero-order valence-corrected chi connectivity index (χ0v) is 14.1. The van der Waals surface area contributed by atoms with Gasteiger partial charge >= 0.3 is 0 Å². The second-order valence-corrected chi connectivity index (χ2v) is 6.45. The first-order valence-electron chi connectivity index (χ1n) is 8.47. The van der Waals surface area contributed by atoms with E-state index in [4.69, 9.17) is 9.47 Å².